The van der Waals surface area contributed by atoms with Crippen molar-refractivity contribution in [3.05, 3.63) is 0 Å². The third kappa shape index (κ3) is 6.18. The van der Waals surface area contributed by atoms with Crippen LogP contribution >= 0.6 is 0 Å². The largest absolute Gasteiger partial charge is 0.372 e. The van der Waals surface area contributed by atoms with E-state index in [1.165, 1.54) is 0 Å². The minimum Gasteiger partial charge on any atom is -0.372 e. The lowest BCUT2D eigenvalue weighted by molar-refractivity contribution is -0.108. The van der Waals surface area contributed by atoms with Crippen LogP contribution in [-0.2, 0) is 9.47 Å². The normalized spacial score (nSPS) is 17.7. The van der Waals surface area contributed by atoms with Gasteiger partial charge in [-0.15, -0.1) is 0 Å². The summed E-state index contributed by atoms with van der Waals surface area (Å²) in [4.78, 5) is 0. The maximum atomic E-state index is 5.83. The molecule has 0 heterocycles. The summed E-state index contributed by atoms with van der Waals surface area (Å²) in [6, 6.07) is 0.250. The zero-order valence-electron chi connectivity index (χ0n) is 11.1. The lowest BCUT2D eigenvalue weighted by atomic mass is 10.0. The average molecular weight is 215 g/mol. The second kappa shape index (κ2) is 7.26. The molecule has 0 spiro atoms. The molecular weight excluding hydrogens is 189 g/mol. The van der Waals surface area contributed by atoms with Gasteiger partial charge in [0.1, 0.15) is 13.6 Å². The Labute approximate surface area is 95.3 Å². The molecule has 0 saturated carbocycles. The molecule has 0 fully saturated rings. The maximum Gasteiger partial charge on any atom is 0.138 e. The van der Waals surface area contributed by atoms with Gasteiger partial charge in [-0.3, -0.25) is 5.32 Å². The van der Waals surface area contributed by atoms with Crippen molar-refractivity contribution in [2.24, 2.45) is 5.92 Å². The highest BCUT2D eigenvalue weighted by Crippen LogP contribution is 2.18. The highest BCUT2D eigenvalue weighted by Gasteiger charge is 2.28. The summed E-state index contributed by atoms with van der Waals surface area (Å²) in [5, 5.41) is 3.32. The van der Waals surface area contributed by atoms with Crippen molar-refractivity contribution in [3.63, 3.8) is 0 Å². The van der Waals surface area contributed by atoms with Crippen molar-refractivity contribution >= 4 is 7.85 Å². The molecule has 15 heavy (non-hydrogen) atoms. The fourth-order valence-electron chi connectivity index (χ4n) is 1.09. The molecule has 2 atom stereocenters. The van der Waals surface area contributed by atoms with Crippen molar-refractivity contribution in [2.45, 2.75) is 52.8 Å². The number of hydrogen-bond acceptors (Lipinski definition) is 3. The van der Waals surface area contributed by atoms with Gasteiger partial charge in [0.15, 0.2) is 0 Å². The Kier molecular flexibility index (Phi) is 7.23. The summed E-state index contributed by atoms with van der Waals surface area (Å²) in [5.74, 6) is 0.416. The molecule has 1 N–H and O–H groups in total. The third-order valence-electron chi connectivity index (χ3n) is 2.55. The minimum absolute atomic E-state index is 0.250. The Morgan fingerprint density at radius 2 is 1.93 bits per heavy atom. The Bertz CT molecular complexity index is 165. The number of rotatable bonds is 8. The van der Waals surface area contributed by atoms with Crippen LogP contribution in [0.4, 0.5) is 0 Å². The molecule has 90 valence electrons. The topological polar surface area (TPSA) is 30.5 Å². The lowest BCUT2D eigenvalue weighted by Crippen LogP contribution is -2.50. The van der Waals surface area contributed by atoms with Crippen LogP contribution in [0.1, 0.15) is 41.0 Å². The van der Waals surface area contributed by atoms with Crippen LogP contribution in [0.5, 0.6) is 0 Å². The molecule has 4 heteroatoms. The van der Waals surface area contributed by atoms with Crippen LogP contribution < -0.4 is 5.32 Å². The highest BCUT2D eigenvalue weighted by molar-refractivity contribution is 6.10. The highest BCUT2D eigenvalue weighted by atomic mass is 16.5. The molecule has 0 saturated heterocycles. The molecule has 0 aromatic rings. The predicted molar refractivity (Wildman–Crippen MR) is 66.6 cm³/mol. The average Bonchev–Trinajstić information content (AvgIpc) is 2.14. The Balaban J connectivity index is 4.01. The molecule has 0 aliphatic rings. The first-order valence-corrected chi connectivity index (χ1v) is 5.93. The van der Waals surface area contributed by atoms with E-state index in [4.69, 9.17) is 9.47 Å². The molecule has 0 aliphatic heterocycles. The molecule has 2 unspecified atom stereocenters. The van der Waals surface area contributed by atoms with Gasteiger partial charge in [0.05, 0.1) is 6.73 Å². The Hall–Kier alpha value is -0.0551. The fourth-order valence-corrected chi connectivity index (χ4v) is 1.09. The zero-order valence-corrected chi connectivity index (χ0v) is 11.1. The first-order valence-electron chi connectivity index (χ1n) is 5.93. The van der Waals surface area contributed by atoms with E-state index in [0.717, 1.165) is 13.0 Å². The second-order valence-electron chi connectivity index (χ2n) is 4.65. The quantitative estimate of drug-likeness (QED) is 0.489. The third-order valence-corrected chi connectivity index (χ3v) is 2.55. The van der Waals surface area contributed by atoms with Crippen molar-refractivity contribution in [2.75, 3.05) is 13.3 Å². The number of hydrogen-bond donors (Lipinski definition) is 1. The lowest BCUT2D eigenvalue weighted by Gasteiger charge is -2.35. The summed E-state index contributed by atoms with van der Waals surface area (Å²) in [7, 11) is 2.03. The zero-order chi connectivity index (χ0) is 11.9. The van der Waals surface area contributed by atoms with E-state index in [0.29, 0.717) is 12.6 Å². The summed E-state index contributed by atoms with van der Waals surface area (Å²) < 4.78 is 11.3. The van der Waals surface area contributed by atoms with Crippen molar-refractivity contribution in [3.8, 4) is 0 Å². The molecule has 0 rings (SSSR count). The van der Waals surface area contributed by atoms with E-state index in [9.17, 15) is 0 Å². The van der Waals surface area contributed by atoms with Gasteiger partial charge in [-0.2, -0.15) is 0 Å². The summed E-state index contributed by atoms with van der Waals surface area (Å²) >= 11 is 0. The van der Waals surface area contributed by atoms with Gasteiger partial charge >= 0.3 is 0 Å². The molecular formula is C11H26BNO2. The van der Waals surface area contributed by atoms with Gasteiger partial charge in [-0.25, -0.2) is 0 Å². The van der Waals surface area contributed by atoms with Gasteiger partial charge in [0.25, 0.3) is 0 Å². The van der Waals surface area contributed by atoms with E-state index in [-0.39, 0.29) is 11.7 Å². The molecule has 0 bridgehead atoms. The van der Waals surface area contributed by atoms with Gasteiger partial charge in [-0.05, 0) is 26.2 Å². The van der Waals surface area contributed by atoms with Crippen molar-refractivity contribution < 1.29 is 9.47 Å². The first kappa shape index (κ1) is 14.9. The summed E-state index contributed by atoms with van der Waals surface area (Å²) in [6.07, 6.45) is 1.04. The van der Waals surface area contributed by atoms with Gasteiger partial charge < -0.3 is 9.47 Å². The first-order chi connectivity index (χ1) is 6.92. The van der Waals surface area contributed by atoms with Crippen LogP contribution in [0.25, 0.3) is 0 Å². The van der Waals surface area contributed by atoms with Crippen LogP contribution in [0.2, 0.25) is 0 Å². The van der Waals surface area contributed by atoms with E-state index >= 15 is 0 Å². The van der Waals surface area contributed by atoms with Crippen LogP contribution in [0, 0.1) is 5.92 Å². The predicted octanol–water partition coefficient (Wildman–Crippen LogP) is 1.33. The van der Waals surface area contributed by atoms with Crippen LogP contribution in [0.3, 0.4) is 0 Å². The molecule has 0 aromatic heterocycles. The van der Waals surface area contributed by atoms with Crippen molar-refractivity contribution in [1.29, 1.82) is 0 Å². The minimum atomic E-state index is -0.287. The molecule has 0 aliphatic carbocycles. The van der Waals surface area contributed by atoms with E-state index in [1.54, 1.807) is 0 Å². The van der Waals surface area contributed by atoms with Gasteiger partial charge in [0.2, 0.25) is 0 Å². The van der Waals surface area contributed by atoms with Crippen molar-refractivity contribution in [1.82, 2.24) is 5.32 Å². The van der Waals surface area contributed by atoms with E-state index in [1.807, 2.05) is 14.8 Å². The summed E-state index contributed by atoms with van der Waals surface area (Å²) in [5.41, 5.74) is -0.287. The Morgan fingerprint density at radius 3 is 2.33 bits per heavy atom. The van der Waals surface area contributed by atoms with Gasteiger partial charge in [-0.1, -0.05) is 20.8 Å². The Morgan fingerprint density at radius 1 is 1.33 bits per heavy atom. The molecule has 0 amide bonds. The smallest absolute Gasteiger partial charge is 0.138 e. The second-order valence-corrected chi connectivity index (χ2v) is 4.65. The fraction of sp³-hybridized carbons (Fsp3) is 1.00. The van der Waals surface area contributed by atoms with Crippen LogP contribution in [0.15, 0.2) is 0 Å². The monoisotopic (exact) mass is 215 g/mol. The van der Waals surface area contributed by atoms with E-state index < -0.39 is 0 Å². The molecule has 0 radical (unpaired) electrons. The standard InChI is InChI=1S/C11H26BNO2/c1-6-7-15-11(5,9(2)3)13-8-14-10(4)12/h9-10,13H,6-8,12H2,1-5H3. The van der Waals surface area contributed by atoms with E-state index in [2.05, 4.69) is 33.0 Å². The SMILES string of the molecule is BC(C)OCNC(C)(OCCC)C(C)C. The van der Waals surface area contributed by atoms with Gasteiger partial charge in [0, 0.05) is 12.6 Å². The molecule has 0 aromatic carbocycles. The number of nitrogens with one attached hydrogen (secondary N) is 1. The summed E-state index contributed by atoms with van der Waals surface area (Å²) in [6.45, 7) is 11.8. The number of ether oxygens (including phenoxy) is 2. The molecule has 3 nitrogen and oxygen atoms in total. The maximum absolute atomic E-state index is 5.83. The van der Waals surface area contributed by atoms with Crippen LogP contribution in [-0.4, -0.2) is 32.9 Å².